The van der Waals surface area contributed by atoms with Crippen LogP contribution in [0.1, 0.15) is 24.8 Å². The van der Waals surface area contributed by atoms with Crippen molar-refractivity contribution < 1.29 is 22.7 Å². The molecule has 1 aromatic rings. The summed E-state index contributed by atoms with van der Waals surface area (Å²) in [4.78, 5) is 11.5. The Labute approximate surface area is 102 Å². The Bertz CT molecular complexity index is 467. The minimum atomic E-state index is -4.78. The standard InChI is InChI=1S/C12H12F3NO2/c13-12(14,15)18-9-5-2-1-4-8(9)11(10(16)17)6-3-7-11/h1-2,4-5H,3,6-7H2,(H2,16,17). The SMILES string of the molecule is NC(=O)C1(c2ccccc2OC(F)(F)F)CCC1. The van der Waals surface area contributed by atoms with Crippen molar-refractivity contribution in [1.29, 1.82) is 0 Å². The molecule has 2 N–H and O–H groups in total. The van der Waals surface area contributed by atoms with Gasteiger partial charge in [-0.25, -0.2) is 0 Å². The van der Waals surface area contributed by atoms with Crippen LogP contribution in [0.25, 0.3) is 0 Å². The second kappa shape index (κ2) is 4.19. The number of halogens is 3. The minimum Gasteiger partial charge on any atom is -0.405 e. The Morgan fingerprint density at radius 1 is 1.28 bits per heavy atom. The number of rotatable bonds is 3. The highest BCUT2D eigenvalue weighted by Crippen LogP contribution is 2.47. The van der Waals surface area contributed by atoms with Gasteiger partial charge in [-0.3, -0.25) is 4.79 Å². The van der Waals surface area contributed by atoms with Gasteiger partial charge >= 0.3 is 6.36 Å². The molecule has 18 heavy (non-hydrogen) atoms. The molecule has 2 rings (SSSR count). The number of alkyl halides is 3. The molecule has 0 atom stereocenters. The summed E-state index contributed by atoms with van der Waals surface area (Å²) < 4.78 is 40.8. The molecule has 1 amide bonds. The summed E-state index contributed by atoms with van der Waals surface area (Å²) in [5.74, 6) is -0.949. The molecule has 0 aromatic heterocycles. The number of para-hydroxylation sites is 1. The first kappa shape index (κ1) is 12.7. The monoisotopic (exact) mass is 259 g/mol. The van der Waals surface area contributed by atoms with Crippen LogP contribution in [0.4, 0.5) is 13.2 Å². The fourth-order valence-electron chi connectivity index (χ4n) is 2.25. The maximum Gasteiger partial charge on any atom is 0.573 e. The van der Waals surface area contributed by atoms with Gasteiger partial charge in [0.25, 0.3) is 0 Å². The maximum atomic E-state index is 12.3. The van der Waals surface area contributed by atoms with Crippen molar-refractivity contribution in [2.75, 3.05) is 0 Å². The van der Waals surface area contributed by atoms with Gasteiger partial charge < -0.3 is 10.5 Å². The first-order chi connectivity index (χ1) is 8.35. The van der Waals surface area contributed by atoms with Crippen LogP contribution in [-0.4, -0.2) is 12.3 Å². The fraction of sp³-hybridized carbons (Fsp3) is 0.417. The van der Waals surface area contributed by atoms with Gasteiger partial charge in [0.2, 0.25) is 5.91 Å². The van der Waals surface area contributed by atoms with Gasteiger partial charge in [0.1, 0.15) is 5.75 Å². The normalized spacial score (nSPS) is 17.9. The molecule has 1 saturated carbocycles. The molecular weight excluding hydrogens is 247 g/mol. The lowest BCUT2D eigenvalue weighted by atomic mass is 9.63. The lowest BCUT2D eigenvalue weighted by molar-refractivity contribution is -0.275. The number of hydrogen-bond donors (Lipinski definition) is 1. The van der Waals surface area contributed by atoms with Gasteiger partial charge in [-0.2, -0.15) is 0 Å². The molecule has 98 valence electrons. The maximum absolute atomic E-state index is 12.3. The van der Waals surface area contributed by atoms with Gasteiger partial charge in [0.05, 0.1) is 5.41 Å². The molecule has 0 spiro atoms. The van der Waals surface area contributed by atoms with Crippen LogP contribution in [0.5, 0.6) is 5.75 Å². The number of nitrogens with two attached hydrogens (primary N) is 1. The second-order valence-corrected chi connectivity index (χ2v) is 4.34. The number of amides is 1. The quantitative estimate of drug-likeness (QED) is 0.906. The zero-order valence-electron chi connectivity index (χ0n) is 9.46. The van der Waals surface area contributed by atoms with Crippen LogP contribution in [0.2, 0.25) is 0 Å². The van der Waals surface area contributed by atoms with E-state index in [0.717, 1.165) is 6.42 Å². The van der Waals surface area contributed by atoms with E-state index < -0.39 is 17.7 Å². The zero-order valence-corrected chi connectivity index (χ0v) is 9.46. The van der Waals surface area contributed by atoms with Crippen LogP contribution in [0.3, 0.4) is 0 Å². The Morgan fingerprint density at radius 3 is 2.33 bits per heavy atom. The Balaban J connectivity index is 2.41. The number of ether oxygens (including phenoxy) is 1. The summed E-state index contributed by atoms with van der Waals surface area (Å²) in [6.45, 7) is 0. The average Bonchev–Trinajstić information content (AvgIpc) is 2.15. The highest BCUT2D eigenvalue weighted by atomic mass is 19.4. The van der Waals surface area contributed by atoms with Crippen molar-refractivity contribution in [2.24, 2.45) is 5.73 Å². The van der Waals surface area contributed by atoms with Crippen molar-refractivity contribution in [3.8, 4) is 5.75 Å². The van der Waals surface area contributed by atoms with Crippen LogP contribution in [0, 0.1) is 0 Å². The Morgan fingerprint density at radius 2 is 1.89 bits per heavy atom. The molecule has 1 aliphatic rings. The van der Waals surface area contributed by atoms with Crippen LogP contribution < -0.4 is 10.5 Å². The first-order valence-electron chi connectivity index (χ1n) is 5.50. The topological polar surface area (TPSA) is 52.3 Å². The Hall–Kier alpha value is -1.72. The second-order valence-electron chi connectivity index (χ2n) is 4.34. The van der Waals surface area contributed by atoms with Crippen molar-refractivity contribution in [3.63, 3.8) is 0 Å². The van der Waals surface area contributed by atoms with Gasteiger partial charge in [-0.05, 0) is 18.9 Å². The number of hydrogen-bond acceptors (Lipinski definition) is 2. The number of benzene rings is 1. The summed E-state index contributed by atoms with van der Waals surface area (Å²) in [6, 6.07) is 5.66. The van der Waals surface area contributed by atoms with E-state index in [1.54, 1.807) is 6.07 Å². The predicted octanol–water partition coefficient (Wildman–Crippen LogP) is 2.49. The van der Waals surface area contributed by atoms with E-state index in [-0.39, 0.29) is 11.3 Å². The average molecular weight is 259 g/mol. The summed E-state index contributed by atoms with van der Waals surface area (Å²) in [5, 5.41) is 0. The van der Waals surface area contributed by atoms with E-state index in [1.807, 2.05) is 0 Å². The highest BCUT2D eigenvalue weighted by Gasteiger charge is 2.47. The third-order valence-corrected chi connectivity index (χ3v) is 3.31. The third-order valence-electron chi connectivity index (χ3n) is 3.31. The van der Waals surface area contributed by atoms with Crippen LogP contribution in [-0.2, 0) is 10.2 Å². The van der Waals surface area contributed by atoms with E-state index in [2.05, 4.69) is 4.74 Å². The molecule has 6 heteroatoms. The molecule has 0 heterocycles. The molecule has 1 aromatic carbocycles. The van der Waals surface area contributed by atoms with Crippen LogP contribution in [0.15, 0.2) is 24.3 Å². The van der Waals surface area contributed by atoms with E-state index >= 15 is 0 Å². The molecule has 1 aliphatic carbocycles. The lowest BCUT2D eigenvalue weighted by Crippen LogP contribution is -2.47. The first-order valence-corrected chi connectivity index (χ1v) is 5.50. The molecule has 0 unspecified atom stereocenters. The molecule has 3 nitrogen and oxygen atoms in total. The Kier molecular flexibility index (Phi) is 2.96. The van der Waals surface area contributed by atoms with Crippen molar-refractivity contribution in [1.82, 2.24) is 0 Å². The van der Waals surface area contributed by atoms with E-state index in [4.69, 9.17) is 5.73 Å². The number of carbonyl (C=O) groups is 1. The highest BCUT2D eigenvalue weighted by molar-refractivity contribution is 5.88. The van der Waals surface area contributed by atoms with E-state index in [9.17, 15) is 18.0 Å². The number of primary amides is 1. The van der Waals surface area contributed by atoms with Gasteiger partial charge in [0.15, 0.2) is 0 Å². The lowest BCUT2D eigenvalue weighted by Gasteiger charge is -2.40. The molecule has 1 fully saturated rings. The minimum absolute atomic E-state index is 0.223. The zero-order chi connectivity index (χ0) is 13.4. The van der Waals surface area contributed by atoms with E-state index in [0.29, 0.717) is 12.8 Å². The summed E-state index contributed by atoms with van der Waals surface area (Å²) in [6.07, 6.45) is -3.09. The van der Waals surface area contributed by atoms with Gasteiger partial charge in [-0.15, -0.1) is 13.2 Å². The summed E-state index contributed by atoms with van der Waals surface area (Å²) in [5.41, 5.74) is 4.53. The van der Waals surface area contributed by atoms with Gasteiger partial charge in [0, 0.05) is 5.56 Å². The predicted molar refractivity (Wildman–Crippen MR) is 57.8 cm³/mol. The van der Waals surface area contributed by atoms with E-state index in [1.165, 1.54) is 18.2 Å². The molecule has 0 radical (unpaired) electrons. The van der Waals surface area contributed by atoms with Crippen molar-refractivity contribution in [2.45, 2.75) is 31.0 Å². The smallest absolute Gasteiger partial charge is 0.405 e. The summed E-state index contributed by atoms with van der Waals surface area (Å²) in [7, 11) is 0. The van der Waals surface area contributed by atoms with Gasteiger partial charge in [-0.1, -0.05) is 24.6 Å². The third kappa shape index (κ3) is 2.14. The largest absolute Gasteiger partial charge is 0.573 e. The van der Waals surface area contributed by atoms with Crippen molar-refractivity contribution in [3.05, 3.63) is 29.8 Å². The molecule has 0 saturated heterocycles. The molecule has 0 bridgehead atoms. The number of carbonyl (C=O) groups excluding carboxylic acids is 1. The van der Waals surface area contributed by atoms with Crippen LogP contribution >= 0.6 is 0 Å². The summed E-state index contributed by atoms with van der Waals surface area (Å²) >= 11 is 0. The molecular formula is C12H12F3NO2. The molecule has 0 aliphatic heterocycles. The van der Waals surface area contributed by atoms with Crippen molar-refractivity contribution >= 4 is 5.91 Å². The fourth-order valence-corrected chi connectivity index (χ4v) is 2.25.